The molecule has 5 rings (SSSR count). The predicted molar refractivity (Wildman–Crippen MR) is 136 cm³/mol. The molecule has 4 N–H and O–H groups in total. The maximum Gasteiger partial charge on any atom is 0.310 e. The number of Topliss-reactive ketones (excluding diaryl/α,β-unsaturated/α-hetero) is 1. The van der Waals surface area contributed by atoms with Gasteiger partial charge in [-0.25, -0.2) is 0 Å². The van der Waals surface area contributed by atoms with E-state index in [1.807, 2.05) is 27.7 Å². The van der Waals surface area contributed by atoms with Crippen molar-refractivity contribution in [2.24, 2.45) is 50.7 Å². The zero-order valence-electron chi connectivity index (χ0n) is 23.1. The van der Waals surface area contributed by atoms with Gasteiger partial charge in [0.1, 0.15) is 6.10 Å². The van der Waals surface area contributed by atoms with E-state index >= 15 is 0 Å². The minimum atomic E-state index is -1.40. The molecule has 0 aliphatic heterocycles. The molecule has 0 heterocycles. The van der Waals surface area contributed by atoms with Crippen molar-refractivity contribution in [3.8, 4) is 0 Å². The number of hydrogen-bond acceptors (Lipinski definition) is 5. The van der Waals surface area contributed by atoms with Crippen LogP contribution in [0.25, 0.3) is 0 Å². The van der Waals surface area contributed by atoms with Crippen LogP contribution in [0.4, 0.5) is 0 Å². The van der Waals surface area contributed by atoms with Gasteiger partial charge in [-0.2, -0.15) is 0 Å². The highest BCUT2D eigenvalue weighted by Gasteiger charge is 2.73. The zero-order valence-corrected chi connectivity index (χ0v) is 23.1. The van der Waals surface area contributed by atoms with Gasteiger partial charge in [-0.15, -0.1) is 0 Å². The number of hydrogen-bond donors (Lipinski definition) is 4. The van der Waals surface area contributed by atoms with Crippen LogP contribution in [-0.4, -0.2) is 50.0 Å². The number of rotatable bonds is 1. The van der Waals surface area contributed by atoms with E-state index in [9.17, 15) is 30.0 Å². The third kappa shape index (κ3) is 2.74. The van der Waals surface area contributed by atoms with Gasteiger partial charge in [0.25, 0.3) is 0 Å². The molecule has 0 aromatic heterocycles. The van der Waals surface area contributed by atoms with Crippen LogP contribution in [0.1, 0.15) is 93.4 Å². The fourth-order valence-electron chi connectivity index (χ4n) is 10.7. The summed E-state index contributed by atoms with van der Waals surface area (Å²) < 4.78 is 0. The van der Waals surface area contributed by atoms with Crippen molar-refractivity contribution in [3.05, 3.63) is 11.6 Å². The first-order valence-corrected chi connectivity index (χ1v) is 14.0. The minimum absolute atomic E-state index is 0.000802. The van der Waals surface area contributed by atoms with Gasteiger partial charge < -0.3 is 20.4 Å². The Morgan fingerprint density at radius 1 is 0.944 bits per heavy atom. The molecule has 11 atom stereocenters. The number of aliphatic hydroxyl groups excluding tert-OH is 2. The average molecular weight is 503 g/mol. The molecular formula is C30H46O6. The van der Waals surface area contributed by atoms with Gasteiger partial charge in [0.15, 0.2) is 5.78 Å². The van der Waals surface area contributed by atoms with Crippen molar-refractivity contribution >= 4 is 11.8 Å². The standard InChI is InChI=1S/C30H46O6/c1-16-10-13-30(24(34)35)15-14-26(4)17(21(30)29(16,7)36)8-9-19-27(26,5)12-11-18-25(2,3)22(32)20(31)23(33)28(18,19)6/h8,16,18-21,23,31,33,36H,9-15H2,1-7H3,(H,34,35)/t16-,18+,19+,20+,21-,23-,26-,27-,28+,29-,30+/m1/s1. The Balaban J connectivity index is 1.68. The first-order chi connectivity index (χ1) is 16.4. The van der Waals surface area contributed by atoms with Gasteiger partial charge in [-0.05, 0) is 80.5 Å². The molecule has 4 saturated carbocycles. The average Bonchev–Trinajstić information content (AvgIpc) is 2.79. The van der Waals surface area contributed by atoms with Crippen LogP contribution in [0.15, 0.2) is 11.6 Å². The quantitative estimate of drug-likeness (QED) is 0.396. The van der Waals surface area contributed by atoms with E-state index < -0.39 is 45.9 Å². The number of ketones is 1. The molecule has 0 radical (unpaired) electrons. The fourth-order valence-corrected chi connectivity index (χ4v) is 10.7. The number of aliphatic carboxylic acids is 1. The second-order valence-electron chi connectivity index (χ2n) is 14.7. The minimum Gasteiger partial charge on any atom is -0.481 e. The van der Waals surface area contributed by atoms with Crippen molar-refractivity contribution in [2.75, 3.05) is 0 Å². The molecule has 0 amide bonds. The summed E-state index contributed by atoms with van der Waals surface area (Å²) in [5.41, 5.74) is -2.98. The van der Waals surface area contributed by atoms with Crippen molar-refractivity contribution < 1.29 is 30.0 Å². The highest BCUT2D eigenvalue weighted by atomic mass is 16.4. The summed E-state index contributed by atoms with van der Waals surface area (Å²) in [6.07, 6.45) is 4.51. The summed E-state index contributed by atoms with van der Waals surface area (Å²) in [4.78, 5) is 25.9. The summed E-state index contributed by atoms with van der Waals surface area (Å²) in [7, 11) is 0. The first-order valence-electron chi connectivity index (χ1n) is 14.0. The van der Waals surface area contributed by atoms with Gasteiger partial charge in [0, 0.05) is 16.7 Å². The summed E-state index contributed by atoms with van der Waals surface area (Å²) in [5.74, 6) is -1.54. The van der Waals surface area contributed by atoms with E-state index in [4.69, 9.17) is 0 Å². The highest BCUT2D eigenvalue weighted by molar-refractivity contribution is 5.90. The lowest BCUT2D eigenvalue weighted by atomic mass is 9.32. The third-order valence-corrected chi connectivity index (χ3v) is 13.4. The monoisotopic (exact) mass is 502 g/mol. The molecule has 0 saturated heterocycles. The number of aliphatic hydroxyl groups is 3. The summed E-state index contributed by atoms with van der Waals surface area (Å²) in [5, 5.41) is 44.8. The molecule has 6 nitrogen and oxygen atoms in total. The first kappa shape index (κ1) is 26.4. The number of carboxylic acid groups (broad SMARTS) is 1. The molecule has 36 heavy (non-hydrogen) atoms. The van der Waals surface area contributed by atoms with Crippen molar-refractivity contribution in [1.82, 2.24) is 0 Å². The topological polar surface area (TPSA) is 115 Å². The Labute approximate surface area is 215 Å². The predicted octanol–water partition coefficient (Wildman–Crippen LogP) is 4.35. The Hall–Kier alpha value is -1.24. The van der Waals surface area contributed by atoms with Gasteiger partial charge in [0.05, 0.1) is 17.1 Å². The molecule has 0 aromatic carbocycles. The van der Waals surface area contributed by atoms with Crippen molar-refractivity contribution in [2.45, 2.75) is 111 Å². The van der Waals surface area contributed by atoms with Crippen LogP contribution >= 0.6 is 0 Å². The second kappa shape index (κ2) is 7.45. The molecule has 0 bridgehead atoms. The van der Waals surface area contributed by atoms with E-state index in [0.717, 1.165) is 24.8 Å². The van der Waals surface area contributed by atoms with E-state index in [2.05, 4.69) is 26.8 Å². The summed E-state index contributed by atoms with van der Waals surface area (Å²) in [6.45, 7) is 14.4. The van der Waals surface area contributed by atoms with Crippen LogP contribution < -0.4 is 0 Å². The normalized spacial score (nSPS) is 55.9. The lowest BCUT2D eigenvalue weighted by Crippen LogP contribution is -2.71. The third-order valence-electron chi connectivity index (χ3n) is 13.4. The molecule has 4 fully saturated rings. The van der Waals surface area contributed by atoms with E-state index in [-0.39, 0.29) is 34.4 Å². The van der Waals surface area contributed by atoms with E-state index in [0.29, 0.717) is 25.7 Å². The largest absolute Gasteiger partial charge is 0.481 e. The van der Waals surface area contributed by atoms with Gasteiger partial charge in [0.2, 0.25) is 0 Å². The molecule has 0 unspecified atom stereocenters. The molecule has 0 aromatic rings. The lowest BCUT2D eigenvalue weighted by Gasteiger charge is -2.72. The number of fused-ring (bicyclic) bond motifs is 7. The van der Waals surface area contributed by atoms with Crippen LogP contribution in [0.5, 0.6) is 0 Å². The Morgan fingerprint density at radius 2 is 1.58 bits per heavy atom. The number of carboxylic acids is 1. The molecule has 202 valence electrons. The van der Waals surface area contributed by atoms with Crippen LogP contribution in [0.3, 0.4) is 0 Å². The lowest BCUT2D eigenvalue weighted by molar-refractivity contribution is -0.241. The zero-order chi connectivity index (χ0) is 26.9. The number of carbonyl (C=O) groups is 2. The maximum absolute atomic E-state index is 13.0. The molecule has 5 aliphatic carbocycles. The number of allylic oxidation sites excluding steroid dienone is 1. The highest BCUT2D eigenvalue weighted by Crippen LogP contribution is 2.75. The Kier molecular flexibility index (Phi) is 5.45. The van der Waals surface area contributed by atoms with Crippen molar-refractivity contribution in [3.63, 3.8) is 0 Å². The molecule has 0 spiro atoms. The summed E-state index contributed by atoms with van der Waals surface area (Å²) >= 11 is 0. The van der Waals surface area contributed by atoms with Gasteiger partial charge >= 0.3 is 5.97 Å². The summed E-state index contributed by atoms with van der Waals surface area (Å²) in [6, 6.07) is 0. The van der Waals surface area contributed by atoms with Crippen LogP contribution in [0, 0.1) is 50.7 Å². The van der Waals surface area contributed by atoms with Gasteiger partial charge in [-0.1, -0.05) is 53.2 Å². The molecule has 5 aliphatic rings. The van der Waals surface area contributed by atoms with Crippen molar-refractivity contribution in [1.29, 1.82) is 0 Å². The number of carbonyl (C=O) groups excluding carboxylic acids is 1. The second-order valence-corrected chi connectivity index (χ2v) is 14.7. The van der Waals surface area contributed by atoms with Crippen LogP contribution in [-0.2, 0) is 9.59 Å². The Bertz CT molecular complexity index is 1030. The SMILES string of the molecule is C[C@@H]1CC[C@]2(C(=O)O)CC[C@]3(C)C(=CC[C@@H]4[C@@]5(C)[C@H](O)[C@@H](O)C(=O)C(C)(C)[C@@H]5CC[C@]43C)[C@@H]2[C@]1(C)O. The Morgan fingerprint density at radius 3 is 2.19 bits per heavy atom. The molecule has 6 heteroatoms. The fraction of sp³-hybridized carbons (Fsp3) is 0.867. The van der Waals surface area contributed by atoms with E-state index in [1.54, 1.807) is 0 Å². The molecular weight excluding hydrogens is 456 g/mol. The smallest absolute Gasteiger partial charge is 0.310 e. The van der Waals surface area contributed by atoms with Crippen LogP contribution in [0.2, 0.25) is 0 Å². The maximum atomic E-state index is 13.0. The van der Waals surface area contributed by atoms with E-state index in [1.165, 1.54) is 0 Å². The van der Waals surface area contributed by atoms with Gasteiger partial charge in [-0.3, -0.25) is 9.59 Å².